The summed E-state index contributed by atoms with van der Waals surface area (Å²) in [4.78, 5) is 15.0. The molecule has 1 saturated heterocycles. The Morgan fingerprint density at radius 3 is 2.45 bits per heavy atom. The fraction of sp³-hybridized carbons (Fsp3) is 0.409. The molecular weight excluding hydrogens is 457 g/mol. The van der Waals surface area contributed by atoms with Gasteiger partial charge in [-0.25, -0.2) is 13.1 Å². The van der Waals surface area contributed by atoms with Crippen LogP contribution in [0, 0.1) is 12.8 Å². The summed E-state index contributed by atoms with van der Waals surface area (Å²) in [6.45, 7) is 4.35. The molecular formula is C22H27Cl2N3O3S. The molecule has 2 N–H and O–H groups in total. The highest BCUT2D eigenvalue weighted by molar-refractivity contribution is 7.89. The van der Waals surface area contributed by atoms with Gasteiger partial charge in [-0.2, -0.15) is 0 Å². The van der Waals surface area contributed by atoms with E-state index < -0.39 is 10.0 Å². The molecule has 2 aromatic carbocycles. The fourth-order valence-corrected chi connectivity index (χ4v) is 5.19. The molecule has 1 heterocycles. The van der Waals surface area contributed by atoms with Gasteiger partial charge in [0, 0.05) is 41.8 Å². The first-order valence-corrected chi connectivity index (χ1v) is 12.5. The Hall–Kier alpha value is -1.64. The highest BCUT2D eigenvalue weighted by atomic mass is 35.5. The van der Waals surface area contributed by atoms with Crippen molar-refractivity contribution in [2.24, 2.45) is 5.92 Å². The number of benzene rings is 2. The van der Waals surface area contributed by atoms with E-state index in [1.165, 1.54) is 0 Å². The van der Waals surface area contributed by atoms with Crippen molar-refractivity contribution in [3.8, 4) is 0 Å². The molecule has 0 unspecified atom stereocenters. The van der Waals surface area contributed by atoms with Crippen LogP contribution in [0.5, 0.6) is 0 Å². The van der Waals surface area contributed by atoms with Gasteiger partial charge in [-0.15, -0.1) is 0 Å². The van der Waals surface area contributed by atoms with Crippen molar-refractivity contribution in [3.63, 3.8) is 0 Å². The van der Waals surface area contributed by atoms with E-state index in [0.717, 1.165) is 30.5 Å². The Morgan fingerprint density at radius 1 is 1.10 bits per heavy atom. The SMILES string of the molecule is Cc1ccc(S(=O)(=O)NCCNC(=O)[C@@H]2CCCN(Cc3c(Cl)cccc3Cl)C2)cc1. The summed E-state index contributed by atoms with van der Waals surface area (Å²) in [6, 6.07) is 12.1. The van der Waals surface area contributed by atoms with Gasteiger partial charge in [0.05, 0.1) is 10.8 Å². The van der Waals surface area contributed by atoms with Crippen LogP contribution in [0.3, 0.4) is 0 Å². The third kappa shape index (κ3) is 6.67. The minimum Gasteiger partial charge on any atom is -0.355 e. The van der Waals surface area contributed by atoms with Crippen LogP contribution in [-0.2, 0) is 21.4 Å². The lowest BCUT2D eigenvalue weighted by Gasteiger charge is -2.32. The second kappa shape index (κ2) is 10.8. The maximum absolute atomic E-state index is 12.6. The Labute approximate surface area is 194 Å². The molecule has 0 saturated carbocycles. The van der Waals surface area contributed by atoms with E-state index in [1.807, 2.05) is 25.1 Å². The largest absolute Gasteiger partial charge is 0.355 e. The Morgan fingerprint density at radius 2 is 1.77 bits per heavy atom. The molecule has 0 aliphatic carbocycles. The molecule has 1 aliphatic rings. The molecule has 0 spiro atoms. The van der Waals surface area contributed by atoms with Crippen molar-refractivity contribution in [1.82, 2.24) is 14.9 Å². The lowest BCUT2D eigenvalue weighted by atomic mass is 9.96. The smallest absolute Gasteiger partial charge is 0.240 e. The second-order valence-electron chi connectivity index (χ2n) is 7.78. The standard InChI is InChI=1S/C22H27Cl2N3O3S/c1-16-7-9-18(10-8-16)31(29,30)26-12-11-25-22(28)17-4-3-13-27(14-17)15-19-20(23)5-2-6-21(19)24/h2,5-10,17,26H,3-4,11-15H2,1H3,(H,25,28)/t17-/m1/s1. The van der Waals surface area contributed by atoms with Crippen LogP contribution >= 0.6 is 23.2 Å². The summed E-state index contributed by atoms with van der Waals surface area (Å²) in [5.41, 5.74) is 1.86. The van der Waals surface area contributed by atoms with E-state index in [4.69, 9.17) is 23.2 Å². The fourth-order valence-electron chi connectivity index (χ4n) is 3.64. The molecule has 168 valence electrons. The number of halogens is 2. The summed E-state index contributed by atoms with van der Waals surface area (Å²) >= 11 is 12.5. The molecule has 2 aromatic rings. The van der Waals surface area contributed by atoms with Crippen molar-refractivity contribution in [3.05, 3.63) is 63.6 Å². The van der Waals surface area contributed by atoms with Gasteiger partial charge in [-0.3, -0.25) is 9.69 Å². The van der Waals surface area contributed by atoms with E-state index in [-0.39, 0.29) is 29.8 Å². The summed E-state index contributed by atoms with van der Waals surface area (Å²) in [6.07, 6.45) is 1.70. The number of amides is 1. The van der Waals surface area contributed by atoms with Crippen molar-refractivity contribution >= 4 is 39.1 Å². The van der Waals surface area contributed by atoms with Crippen LogP contribution in [-0.4, -0.2) is 45.4 Å². The minimum absolute atomic E-state index is 0.0653. The lowest BCUT2D eigenvalue weighted by molar-refractivity contribution is -0.126. The molecule has 0 bridgehead atoms. The van der Waals surface area contributed by atoms with Crippen LogP contribution in [0.25, 0.3) is 0 Å². The second-order valence-corrected chi connectivity index (χ2v) is 10.4. The number of carbonyl (C=O) groups is 1. The van der Waals surface area contributed by atoms with Gasteiger partial charge in [0.25, 0.3) is 0 Å². The highest BCUT2D eigenvalue weighted by Gasteiger charge is 2.26. The lowest BCUT2D eigenvalue weighted by Crippen LogP contribution is -2.44. The maximum Gasteiger partial charge on any atom is 0.240 e. The minimum atomic E-state index is -3.59. The number of nitrogens with zero attached hydrogens (tertiary/aromatic N) is 1. The van der Waals surface area contributed by atoms with E-state index in [2.05, 4.69) is 14.9 Å². The summed E-state index contributed by atoms with van der Waals surface area (Å²) in [5, 5.41) is 4.10. The molecule has 1 fully saturated rings. The van der Waals surface area contributed by atoms with Crippen LogP contribution in [0.2, 0.25) is 10.0 Å². The van der Waals surface area contributed by atoms with Gasteiger partial charge in [-0.05, 0) is 50.6 Å². The summed E-state index contributed by atoms with van der Waals surface area (Å²) < 4.78 is 27.1. The van der Waals surface area contributed by atoms with Gasteiger partial charge in [0.1, 0.15) is 0 Å². The number of rotatable bonds is 8. The third-order valence-corrected chi connectivity index (χ3v) is 7.55. The van der Waals surface area contributed by atoms with Crippen molar-refractivity contribution in [2.45, 2.75) is 31.2 Å². The molecule has 6 nitrogen and oxygen atoms in total. The normalized spacial score (nSPS) is 17.5. The van der Waals surface area contributed by atoms with Gasteiger partial charge in [0.2, 0.25) is 15.9 Å². The number of nitrogens with one attached hydrogen (secondary N) is 2. The number of hydrogen-bond donors (Lipinski definition) is 2. The van der Waals surface area contributed by atoms with Gasteiger partial charge >= 0.3 is 0 Å². The van der Waals surface area contributed by atoms with E-state index in [0.29, 0.717) is 23.1 Å². The average molecular weight is 484 g/mol. The highest BCUT2D eigenvalue weighted by Crippen LogP contribution is 2.27. The van der Waals surface area contributed by atoms with Gasteiger partial charge < -0.3 is 5.32 Å². The number of sulfonamides is 1. The van der Waals surface area contributed by atoms with Crippen molar-refractivity contribution in [2.75, 3.05) is 26.2 Å². The first kappa shape index (κ1) is 24.0. The number of likely N-dealkylation sites (tertiary alicyclic amines) is 1. The predicted octanol–water partition coefficient (Wildman–Crippen LogP) is 3.61. The molecule has 1 atom stereocenters. The topological polar surface area (TPSA) is 78.5 Å². The zero-order chi connectivity index (χ0) is 22.4. The monoisotopic (exact) mass is 483 g/mol. The zero-order valence-electron chi connectivity index (χ0n) is 17.4. The summed E-state index contributed by atoms with van der Waals surface area (Å²) in [7, 11) is -3.59. The number of hydrogen-bond acceptors (Lipinski definition) is 4. The first-order chi connectivity index (χ1) is 14.8. The Balaban J connectivity index is 1.46. The quantitative estimate of drug-likeness (QED) is 0.562. The molecule has 3 rings (SSSR count). The molecule has 0 radical (unpaired) electrons. The molecule has 31 heavy (non-hydrogen) atoms. The molecule has 9 heteroatoms. The van der Waals surface area contributed by atoms with Crippen molar-refractivity contribution < 1.29 is 13.2 Å². The molecule has 0 aromatic heterocycles. The van der Waals surface area contributed by atoms with E-state index in [9.17, 15) is 13.2 Å². The average Bonchev–Trinajstić information content (AvgIpc) is 2.74. The van der Waals surface area contributed by atoms with Gasteiger partial charge in [-0.1, -0.05) is 47.0 Å². The van der Waals surface area contributed by atoms with Crippen molar-refractivity contribution in [1.29, 1.82) is 0 Å². The van der Waals surface area contributed by atoms with Crippen LogP contribution < -0.4 is 10.0 Å². The first-order valence-electron chi connectivity index (χ1n) is 10.3. The third-order valence-electron chi connectivity index (χ3n) is 5.37. The van der Waals surface area contributed by atoms with E-state index in [1.54, 1.807) is 24.3 Å². The Bertz CT molecular complexity index is 993. The van der Waals surface area contributed by atoms with Gasteiger partial charge in [0.15, 0.2) is 0 Å². The summed E-state index contributed by atoms with van der Waals surface area (Å²) in [5.74, 6) is -0.215. The molecule has 1 aliphatic heterocycles. The van der Waals surface area contributed by atoms with Crippen LogP contribution in [0.4, 0.5) is 0 Å². The maximum atomic E-state index is 12.6. The van der Waals surface area contributed by atoms with Crippen LogP contribution in [0.15, 0.2) is 47.4 Å². The number of carbonyl (C=O) groups excluding carboxylic acids is 1. The number of piperidine rings is 1. The molecule has 1 amide bonds. The van der Waals surface area contributed by atoms with Crippen LogP contribution in [0.1, 0.15) is 24.0 Å². The Kier molecular flexibility index (Phi) is 8.36. The zero-order valence-corrected chi connectivity index (χ0v) is 19.7. The number of aryl methyl sites for hydroxylation is 1. The van der Waals surface area contributed by atoms with E-state index >= 15 is 0 Å². The predicted molar refractivity (Wildman–Crippen MR) is 124 cm³/mol.